The third-order valence-electron chi connectivity index (χ3n) is 1.90. The summed E-state index contributed by atoms with van der Waals surface area (Å²) in [6.45, 7) is 3.30. The molecule has 0 aromatic carbocycles. The van der Waals surface area contributed by atoms with E-state index in [1.807, 2.05) is 0 Å². The fraction of sp³-hybridized carbons (Fsp3) is 0.714. The van der Waals surface area contributed by atoms with Gasteiger partial charge in [0.25, 0.3) is 0 Å². The van der Waals surface area contributed by atoms with Gasteiger partial charge in [-0.15, -0.1) is 0 Å². The average Bonchev–Trinajstić information content (AvgIpc) is 2.00. The van der Waals surface area contributed by atoms with Gasteiger partial charge in [0.15, 0.2) is 0 Å². The number of nitrogens with two attached hydrogens (primary N) is 1. The molecule has 0 aromatic rings. The summed E-state index contributed by atoms with van der Waals surface area (Å²) in [5.41, 5.74) is 5.28. The minimum atomic E-state index is -1.06. The number of aliphatic carboxylic acids is 1. The van der Waals surface area contributed by atoms with E-state index >= 15 is 0 Å². The van der Waals surface area contributed by atoms with Gasteiger partial charge in [0.1, 0.15) is 12.3 Å². The lowest BCUT2D eigenvalue weighted by molar-refractivity contribution is -0.140. The van der Waals surface area contributed by atoms with Gasteiger partial charge in [0.2, 0.25) is 0 Å². The molecule has 0 saturated carbocycles. The fourth-order valence-electron chi connectivity index (χ4n) is 0.676. The first kappa shape index (κ1) is 10.1. The molecule has 0 fully saturated rings. The van der Waals surface area contributed by atoms with Crippen molar-refractivity contribution in [2.45, 2.75) is 19.9 Å². The molecule has 11 heavy (non-hydrogen) atoms. The van der Waals surface area contributed by atoms with Gasteiger partial charge in [0.05, 0.1) is 0 Å². The van der Waals surface area contributed by atoms with Crippen LogP contribution in [0.25, 0.3) is 0 Å². The number of carbonyl (C=O) groups is 2. The van der Waals surface area contributed by atoms with Gasteiger partial charge >= 0.3 is 5.97 Å². The van der Waals surface area contributed by atoms with E-state index in [-0.39, 0.29) is 11.8 Å². The second kappa shape index (κ2) is 4.08. The fourth-order valence-corrected chi connectivity index (χ4v) is 0.676. The van der Waals surface area contributed by atoms with Crippen LogP contribution in [0.4, 0.5) is 0 Å². The van der Waals surface area contributed by atoms with E-state index in [9.17, 15) is 9.59 Å². The summed E-state index contributed by atoms with van der Waals surface area (Å²) in [6, 6.07) is -0.949. The normalized spacial score (nSPS) is 18.5. The van der Waals surface area contributed by atoms with Crippen LogP contribution in [-0.2, 0) is 9.59 Å². The molecular weight excluding hydrogens is 146 g/mol. The van der Waals surface area contributed by atoms with Gasteiger partial charge in [-0.1, -0.05) is 13.8 Å². The largest absolute Gasteiger partial charge is 0.480 e. The van der Waals surface area contributed by atoms with Crippen LogP contribution in [-0.4, -0.2) is 23.4 Å². The highest BCUT2D eigenvalue weighted by molar-refractivity contribution is 5.74. The van der Waals surface area contributed by atoms with Crippen LogP contribution < -0.4 is 5.73 Å². The number of carboxylic acids is 1. The lowest BCUT2D eigenvalue weighted by atomic mass is 9.91. The SMILES string of the molecule is CC(C=O)C(C)C(N)C(=O)O. The van der Waals surface area contributed by atoms with Gasteiger partial charge in [-0.05, 0) is 5.92 Å². The Balaban J connectivity index is 4.11. The van der Waals surface area contributed by atoms with Crippen molar-refractivity contribution in [3.05, 3.63) is 0 Å². The summed E-state index contributed by atoms with van der Waals surface area (Å²) in [6.07, 6.45) is 0.716. The Morgan fingerprint density at radius 3 is 2.27 bits per heavy atom. The lowest BCUT2D eigenvalue weighted by Crippen LogP contribution is -2.39. The summed E-state index contributed by atoms with van der Waals surface area (Å²) >= 11 is 0. The Morgan fingerprint density at radius 2 is 2.00 bits per heavy atom. The van der Waals surface area contributed by atoms with Crippen molar-refractivity contribution >= 4 is 12.3 Å². The molecule has 0 bridgehead atoms. The van der Waals surface area contributed by atoms with Crippen molar-refractivity contribution in [1.29, 1.82) is 0 Å². The number of carboxylic acid groups (broad SMARTS) is 1. The molecule has 0 radical (unpaired) electrons. The molecule has 4 heteroatoms. The first-order chi connectivity index (χ1) is 5.00. The van der Waals surface area contributed by atoms with Crippen LogP contribution in [0.15, 0.2) is 0 Å². The quantitative estimate of drug-likeness (QED) is 0.560. The Morgan fingerprint density at radius 1 is 1.55 bits per heavy atom. The van der Waals surface area contributed by atoms with Crippen molar-refractivity contribution in [3.63, 3.8) is 0 Å². The first-order valence-electron chi connectivity index (χ1n) is 3.44. The molecule has 0 spiro atoms. The summed E-state index contributed by atoms with van der Waals surface area (Å²) in [7, 11) is 0. The standard InChI is InChI=1S/C7H13NO3/c1-4(3-9)5(2)6(8)7(10)11/h3-6H,8H2,1-2H3,(H,10,11). The molecule has 0 rings (SSSR count). The molecule has 0 aliphatic heterocycles. The molecule has 64 valence electrons. The summed E-state index contributed by atoms with van der Waals surface area (Å²) in [5.74, 6) is -1.68. The molecule has 3 unspecified atom stereocenters. The Labute approximate surface area is 65.4 Å². The van der Waals surface area contributed by atoms with E-state index in [1.165, 1.54) is 0 Å². The van der Waals surface area contributed by atoms with Crippen molar-refractivity contribution < 1.29 is 14.7 Å². The second-order valence-electron chi connectivity index (χ2n) is 2.72. The van der Waals surface area contributed by atoms with Crippen LogP contribution in [0.2, 0.25) is 0 Å². The highest BCUT2D eigenvalue weighted by Gasteiger charge is 2.24. The van der Waals surface area contributed by atoms with Crippen LogP contribution in [0.3, 0.4) is 0 Å². The highest BCUT2D eigenvalue weighted by Crippen LogP contribution is 2.11. The molecule has 0 heterocycles. The molecular formula is C7H13NO3. The van der Waals surface area contributed by atoms with Crippen molar-refractivity contribution in [2.75, 3.05) is 0 Å². The zero-order valence-electron chi connectivity index (χ0n) is 6.65. The van der Waals surface area contributed by atoms with Crippen LogP contribution in [0, 0.1) is 11.8 Å². The predicted molar refractivity (Wildman–Crippen MR) is 40.0 cm³/mol. The number of aldehydes is 1. The average molecular weight is 159 g/mol. The summed E-state index contributed by atoms with van der Waals surface area (Å²) < 4.78 is 0. The third-order valence-corrected chi connectivity index (χ3v) is 1.90. The number of hydrogen-bond acceptors (Lipinski definition) is 3. The topological polar surface area (TPSA) is 80.4 Å². The zero-order chi connectivity index (χ0) is 9.02. The third kappa shape index (κ3) is 2.67. The smallest absolute Gasteiger partial charge is 0.320 e. The molecule has 0 aliphatic rings. The van der Waals surface area contributed by atoms with Crippen LogP contribution in [0.1, 0.15) is 13.8 Å². The molecule has 4 nitrogen and oxygen atoms in total. The van der Waals surface area contributed by atoms with Gasteiger partial charge in [-0.25, -0.2) is 0 Å². The minimum absolute atomic E-state index is 0.305. The predicted octanol–water partition coefficient (Wildman–Crippen LogP) is -0.131. The van der Waals surface area contributed by atoms with Crippen LogP contribution >= 0.6 is 0 Å². The molecule has 0 aromatic heterocycles. The maximum absolute atomic E-state index is 10.3. The highest BCUT2D eigenvalue weighted by atomic mass is 16.4. The maximum atomic E-state index is 10.3. The summed E-state index contributed by atoms with van der Waals surface area (Å²) in [4.78, 5) is 20.5. The molecule has 0 amide bonds. The Kier molecular flexibility index (Phi) is 3.74. The minimum Gasteiger partial charge on any atom is -0.480 e. The number of hydrogen-bond donors (Lipinski definition) is 2. The van der Waals surface area contributed by atoms with Crippen molar-refractivity contribution in [2.24, 2.45) is 17.6 Å². The van der Waals surface area contributed by atoms with Gasteiger partial charge in [-0.3, -0.25) is 4.79 Å². The monoisotopic (exact) mass is 159 g/mol. The van der Waals surface area contributed by atoms with Crippen molar-refractivity contribution in [1.82, 2.24) is 0 Å². The van der Waals surface area contributed by atoms with Crippen molar-refractivity contribution in [3.8, 4) is 0 Å². The second-order valence-corrected chi connectivity index (χ2v) is 2.72. The van der Waals surface area contributed by atoms with E-state index in [1.54, 1.807) is 13.8 Å². The lowest BCUT2D eigenvalue weighted by Gasteiger charge is -2.17. The van der Waals surface area contributed by atoms with E-state index in [2.05, 4.69) is 0 Å². The van der Waals surface area contributed by atoms with E-state index in [4.69, 9.17) is 10.8 Å². The first-order valence-corrected chi connectivity index (χ1v) is 3.44. The number of carbonyl (C=O) groups excluding carboxylic acids is 1. The maximum Gasteiger partial charge on any atom is 0.320 e. The Bertz CT molecular complexity index is 158. The number of rotatable bonds is 4. The van der Waals surface area contributed by atoms with Gasteiger partial charge in [0, 0.05) is 5.92 Å². The van der Waals surface area contributed by atoms with E-state index in [0.29, 0.717) is 6.29 Å². The van der Waals surface area contributed by atoms with E-state index < -0.39 is 12.0 Å². The molecule has 0 saturated heterocycles. The zero-order valence-corrected chi connectivity index (χ0v) is 6.65. The van der Waals surface area contributed by atoms with Gasteiger partial charge in [-0.2, -0.15) is 0 Å². The van der Waals surface area contributed by atoms with Crippen LogP contribution in [0.5, 0.6) is 0 Å². The molecule has 3 atom stereocenters. The Hall–Kier alpha value is -0.900. The molecule has 3 N–H and O–H groups in total. The van der Waals surface area contributed by atoms with Gasteiger partial charge < -0.3 is 15.6 Å². The summed E-state index contributed by atoms with van der Waals surface area (Å²) in [5, 5.41) is 8.46. The van der Waals surface area contributed by atoms with E-state index in [0.717, 1.165) is 0 Å². The molecule has 0 aliphatic carbocycles.